The number of pyridine rings is 1. The highest BCUT2D eigenvalue weighted by molar-refractivity contribution is 6.32. The zero-order chi connectivity index (χ0) is 14.7. The molecule has 21 heavy (non-hydrogen) atoms. The van der Waals surface area contributed by atoms with E-state index >= 15 is 0 Å². The molecule has 102 valence electrons. The van der Waals surface area contributed by atoms with Crippen molar-refractivity contribution < 1.29 is 0 Å². The standard InChI is InChI=1S/C17H12ClN3/c18-17-8-15(5-4-12(17)9-19)21-11-14-3-1-2-13-10-20-7-6-16(13)14/h1-8,10,21H,11H2. The smallest absolute Gasteiger partial charge is 0.101 e. The number of benzene rings is 2. The Morgan fingerprint density at radius 2 is 2.10 bits per heavy atom. The van der Waals surface area contributed by atoms with Crippen LogP contribution < -0.4 is 5.32 Å². The van der Waals surface area contributed by atoms with Crippen molar-refractivity contribution in [3.05, 3.63) is 71.0 Å². The average molecular weight is 294 g/mol. The van der Waals surface area contributed by atoms with E-state index in [1.165, 1.54) is 10.9 Å². The van der Waals surface area contributed by atoms with Gasteiger partial charge in [-0.05, 0) is 35.2 Å². The number of nitrogens with zero attached hydrogens (tertiary/aromatic N) is 2. The number of halogens is 1. The molecule has 0 aliphatic carbocycles. The largest absolute Gasteiger partial charge is 0.381 e. The summed E-state index contributed by atoms with van der Waals surface area (Å²) in [6.45, 7) is 0.684. The van der Waals surface area contributed by atoms with Crippen LogP contribution in [-0.2, 0) is 6.54 Å². The van der Waals surface area contributed by atoms with E-state index in [0.29, 0.717) is 17.1 Å². The first-order chi connectivity index (χ1) is 10.3. The Hall–Kier alpha value is -2.57. The first-order valence-corrected chi connectivity index (χ1v) is 6.91. The van der Waals surface area contributed by atoms with Gasteiger partial charge in [0.2, 0.25) is 0 Å². The molecule has 4 heteroatoms. The van der Waals surface area contributed by atoms with Gasteiger partial charge in [-0.3, -0.25) is 4.98 Å². The second kappa shape index (κ2) is 5.82. The van der Waals surface area contributed by atoms with Crippen LogP contribution >= 0.6 is 11.6 Å². The fourth-order valence-corrected chi connectivity index (χ4v) is 2.48. The van der Waals surface area contributed by atoms with Crippen molar-refractivity contribution in [2.24, 2.45) is 0 Å². The van der Waals surface area contributed by atoms with Crippen LogP contribution in [0.3, 0.4) is 0 Å². The molecule has 0 spiro atoms. The van der Waals surface area contributed by atoms with E-state index in [0.717, 1.165) is 11.1 Å². The molecule has 0 radical (unpaired) electrons. The fraction of sp³-hybridized carbons (Fsp3) is 0.0588. The van der Waals surface area contributed by atoms with Gasteiger partial charge in [-0.15, -0.1) is 0 Å². The number of nitriles is 1. The van der Waals surface area contributed by atoms with E-state index < -0.39 is 0 Å². The van der Waals surface area contributed by atoms with E-state index in [-0.39, 0.29) is 0 Å². The van der Waals surface area contributed by atoms with Crippen LogP contribution in [0.4, 0.5) is 5.69 Å². The molecule has 2 aromatic carbocycles. The van der Waals surface area contributed by atoms with Crippen LogP contribution in [-0.4, -0.2) is 4.98 Å². The lowest BCUT2D eigenvalue weighted by molar-refractivity contribution is 1.16. The highest BCUT2D eigenvalue weighted by Crippen LogP contribution is 2.22. The van der Waals surface area contributed by atoms with Crippen molar-refractivity contribution in [3.63, 3.8) is 0 Å². The molecule has 1 aromatic heterocycles. The molecule has 0 aliphatic rings. The van der Waals surface area contributed by atoms with E-state index in [4.69, 9.17) is 16.9 Å². The predicted molar refractivity (Wildman–Crippen MR) is 85.2 cm³/mol. The van der Waals surface area contributed by atoms with Gasteiger partial charge in [0.25, 0.3) is 0 Å². The third kappa shape index (κ3) is 2.81. The van der Waals surface area contributed by atoms with Gasteiger partial charge < -0.3 is 5.32 Å². The number of anilines is 1. The number of aromatic nitrogens is 1. The maximum absolute atomic E-state index is 8.87. The summed E-state index contributed by atoms with van der Waals surface area (Å²) >= 11 is 6.04. The Balaban J connectivity index is 1.84. The molecule has 1 heterocycles. The summed E-state index contributed by atoms with van der Waals surface area (Å²) in [7, 11) is 0. The molecule has 0 fully saturated rings. The first kappa shape index (κ1) is 13.4. The predicted octanol–water partition coefficient (Wildman–Crippen LogP) is 4.37. The highest BCUT2D eigenvalue weighted by Gasteiger charge is 2.03. The molecule has 0 amide bonds. The lowest BCUT2D eigenvalue weighted by Crippen LogP contribution is -2.00. The lowest BCUT2D eigenvalue weighted by atomic mass is 10.1. The molecule has 3 nitrogen and oxygen atoms in total. The number of hydrogen-bond acceptors (Lipinski definition) is 3. The monoisotopic (exact) mass is 293 g/mol. The first-order valence-electron chi connectivity index (χ1n) is 6.53. The van der Waals surface area contributed by atoms with Gasteiger partial charge in [-0.1, -0.05) is 29.8 Å². The number of nitrogens with one attached hydrogen (secondary N) is 1. The van der Waals surface area contributed by atoms with Gasteiger partial charge in [-0.2, -0.15) is 5.26 Å². The Bertz CT molecular complexity index is 832. The van der Waals surface area contributed by atoms with Crippen LogP contribution in [0.1, 0.15) is 11.1 Å². The molecule has 0 saturated carbocycles. The maximum Gasteiger partial charge on any atom is 0.101 e. The van der Waals surface area contributed by atoms with Crippen LogP contribution in [0.15, 0.2) is 54.9 Å². The van der Waals surface area contributed by atoms with Gasteiger partial charge >= 0.3 is 0 Å². The highest BCUT2D eigenvalue weighted by atomic mass is 35.5. The van der Waals surface area contributed by atoms with E-state index in [2.05, 4.69) is 22.4 Å². The van der Waals surface area contributed by atoms with Crippen molar-refractivity contribution in [2.45, 2.75) is 6.54 Å². The Kier molecular flexibility index (Phi) is 3.72. The SMILES string of the molecule is N#Cc1ccc(NCc2cccc3cnccc23)cc1Cl. The summed E-state index contributed by atoms with van der Waals surface area (Å²) in [5, 5.41) is 15.0. The average Bonchev–Trinajstić information content (AvgIpc) is 2.53. The molecular formula is C17H12ClN3. The minimum absolute atomic E-state index is 0.463. The molecule has 0 unspecified atom stereocenters. The normalized spacial score (nSPS) is 10.3. The minimum Gasteiger partial charge on any atom is -0.381 e. The summed E-state index contributed by atoms with van der Waals surface area (Å²) in [4.78, 5) is 4.13. The van der Waals surface area contributed by atoms with Crippen LogP contribution in [0, 0.1) is 11.3 Å². The quantitative estimate of drug-likeness (QED) is 0.780. The van der Waals surface area contributed by atoms with Gasteiger partial charge in [0.15, 0.2) is 0 Å². The molecule has 0 aliphatic heterocycles. The maximum atomic E-state index is 8.87. The van der Waals surface area contributed by atoms with Gasteiger partial charge in [0.1, 0.15) is 6.07 Å². The van der Waals surface area contributed by atoms with Crippen molar-refractivity contribution in [3.8, 4) is 6.07 Å². The summed E-state index contributed by atoms with van der Waals surface area (Å²) in [5.41, 5.74) is 2.57. The zero-order valence-electron chi connectivity index (χ0n) is 11.2. The Morgan fingerprint density at radius 3 is 2.90 bits per heavy atom. The van der Waals surface area contributed by atoms with Crippen LogP contribution in [0.25, 0.3) is 10.8 Å². The van der Waals surface area contributed by atoms with Crippen molar-refractivity contribution >= 4 is 28.1 Å². The van der Waals surface area contributed by atoms with Crippen LogP contribution in [0.2, 0.25) is 5.02 Å². The topological polar surface area (TPSA) is 48.7 Å². The molecule has 1 N–H and O–H groups in total. The number of hydrogen-bond donors (Lipinski definition) is 1. The third-order valence-electron chi connectivity index (χ3n) is 3.34. The summed E-state index contributed by atoms with van der Waals surface area (Å²) in [5.74, 6) is 0. The van der Waals surface area contributed by atoms with E-state index in [1.54, 1.807) is 18.3 Å². The minimum atomic E-state index is 0.463. The Labute approximate surface area is 127 Å². The molecular weight excluding hydrogens is 282 g/mol. The summed E-state index contributed by atoms with van der Waals surface area (Å²) in [6.07, 6.45) is 3.65. The summed E-state index contributed by atoms with van der Waals surface area (Å²) in [6, 6.07) is 15.6. The molecule has 0 atom stereocenters. The lowest BCUT2D eigenvalue weighted by Gasteiger charge is -2.10. The molecule has 0 saturated heterocycles. The molecule has 0 bridgehead atoms. The third-order valence-corrected chi connectivity index (χ3v) is 3.66. The number of rotatable bonds is 3. The second-order valence-electron chi connectivity index (χ2n) is 4.67. The second-order valence-corrected chi connectivity index (χ2v) is 5.08. The fourth-order valence-electron chi connectivity index (χ4n) is 2.26. The van der Waals surface area contributed by atoms with Crippen molar-refractivity contribution in [2.75, 3.05) is 5.32 Å². The van der Waals surface area contributed by atoms with E-state index in [1.807, 2.05) is 30.5 Å². The zero-order valence-corrected chi connectivity index (χ0v) is 11.9. The number of fused-ring (bicyclic) bond motifs is 1. The van der Waals surface area contributed by atoms with Crippen molar-refractivity contribution in [1.82, 2.24) is 4.98 Å². The van der Waals surface area contributed by atoms with E-state index in [9.17, 15) is 0 Å². The molecule has 3 aromatic rings. The summed E-state index contributed by atoms with van der Waals surface area (Å²) < 4.78 is 0. The molecule has 3 rings (SSSR count). The van der Waals surface area contributed by atoms with Crippen LogP contribution in [0.5, 0.6) is 0 Å². The van der Waals surface area contributed by atoms with Gasteiger partial charge in [0.05, 0.1) is 10.6 Å². The van der Waals surface area contributed by atoms with Crippen molar-refractivity contribution in [1.29, 1.82) is 5.26 Å². The Morgan fingerprint density at radius 1 is 1.19 bits per heavy atom. The van der Waals surface area contributed by atoms with Gasteiger partial charge in [-0.25, -0.2) is 0 Å². The van der Waals surface area contributed by atoms with Gasteiger partial charge in [0, 0.05) is 30.0 Å².